The summed E-state index contributed by atoms with van der Waals surface area (Å²) < 4.78 is 11.9. The Morgan fingerprint density at radius 1 is 1.15 bits per heavy atom. The van der Waals surface area contributed by atoms with Gasteiger partial charge in [-0.3, -0.25) is 4.79 Å². The largest absolute Gasteiger partial charge is 0.497 e. The lowest BCUT2D eigenvalue weighted by Gasteiger charge is -2.08. The number of carbonyl (C=O) groups excluding carboxylic acids is 1. The molecule has 27 heavy (non-hydrogen) atoms. The lowest BCUT2D eigenvalue weighted by atomic mass is 10.1. The van der Waals surface area contributed by atoms with Gasteiger partial charge in [0.1, 0.15) is 11.5 Å². The maximum atomic E-state index is 12.7. The molecule has 0 saturated carbocycles. The van der Waals surface area contributed by atoms with E-state index >= 15 is 0 Å². The van der Waals surface area contributed by atoms with Gasteiger partial charge in [0.05, 0.1) is 25.3 Å². The molecule has 1 saturated heterocycles. The van der Waals surface area contributed by atoms with Crippen LogP contribution in [-0.4, -0.2) is 35.7 Å². The second-order valence-corrected chi connectivity index (χ2v) is 7.99. The Morgan fingerprint density at radius 2 is 1.89 bits per heavy atom. The van der Waals surface area contributed by atoms with Crippen molar-refractivity contribution in [2.45, 2.75) is 0 Å². The third kappa shape index (κ3) is 4.58. The fraction of sp³-hybridized carbons (Fsp3) is 0.105. The van der Waals surface area contributed by atoms with Gasteiger partial charge in [0, 0.05) is 16.1 Å². The Morgan fingerprint density at radius 3 is 2.56 bits per heavy atom. The molecule has 0 bridgehead atoms. The van der Waals surface area contributed by atoms with Crippen LogP contribution in [-0.2, 0) is 4.79 Å². The first kappa shape index (κ1) is 19.6. The van der Waals surface area contributed by atoms with E-state index in [2.05, 4.69) is 21.0 Å². The molecular weight excluding hydrogens is 448 g/mol. The third-order valence-electron chi connectivity index (χ3n) is 3.69. The number of hydrazone groups is 1. The summed E-state index contributed by atoms with van der Waals surface area (Å²) in [5.74, 6) is 1.02. The fourth-order valence-electron chi connectivity index (χ4n) is 2.31. The highest BCUT2D eigenvalue weighted by molar-refractivity contribution is 9.10. The predicted molar refractivity (Wildman–Crippen MR) is 116 cm³/mol. The number of thiocarbonyl (C=S) groups is 1. The molecule has 1 heterocycles. The van der Waals surface area contributed by atoms with E-state index in [0.29, 0.717) is 20.7 Å². The average molecular weight is 463 g/mol. The lowest BCUT2D eigenvalue weighted by Crippen LogP contribution is -2.22. The molecule has 0 aromatic heterocycles. The SMILES string of the molecule is COc1ccc(/C=C2/SC(=S)N(/N=C/c3ccc(Br)cc3)C2=O)c(OC)c1. The van der Waals surface area contributed by atoms with E-state index in [1.54, 1.807) is 38.6 Å². The second kappa shape index (κ2) is 8.69. The number of halogens is 1. The van der Waals surface area contributed by atoms with Crippen molar-refractivity contribution in [3.05, 3.63) is 63.0 Å². The number of carbonyl (C=O) groups is 1. The van der Waals surface area contributed by atoms with Crippen LogP contribution in [0.1, 0.15) is 11.1 Å². The third-order valence-corrected chi connectivity index (χ3v) is 5.50. The van der Waals surface area contributed by atoms with Gasteiger partial charge in [0.25, 0.3) is 5.91 Å². The zero-order valence-corrected chi connectivity index (χ0v) is 17.7. The van der Waals surface area contributed by atoms with Gasteiger partial charge < -0.3 is 9.47 Å². The topological polar surface area (TPSA) is 51.1 Å². The first-order chi connectivity index (χ1) is 13.0. The van der Waals surface area contributed by atoms with Gasteiger partial charge in [-0.2, -0.15) is 10.1 Å². The van der Waals surface area contributed by atoms with Crippen LogP contribution in [0.15, 0.2) is 56.9 Å². The molecule has 0 N–H and O–H groups in total. The van der Waals surface area contributed by atoms with Crippen molar-refractivity contribution < 1.29 is 14.3 Å². The predicted octanol–water partition coefficient (Wildman–Crippen LogP) is 4.70. The molecule has 8 heteroatoms. The minimum atomic E-state index is -0.267. The van der Waals surface area contributed by atoms with Gasteiger partial charge in [0.2, 0.25) is 0 Å². The Bertz CT molecular complexity index is 942. The lowest BCUT2D eigenvalue weighted by molar-refractivity contribution is -0.122. The van der Waals surface area contributed by atoms with Gasteiger partial charge in [0.15, 0.2) is 4.32 Å². The summed E-state index contributed by atoms with van der Waals surface area (Å²) in [6.45, 7) is 0. The summed E-state index contributed by atoms with van der Waals surface area (Å²) in [6.07, 6.45) is 3.35. The smallest absolute Gasteiger partial charge is 0.286 e. The minimum Gasteiger partial charge on any atom is -0.497 e. The molecule has 2 aromatic rings. The van der Waals surface area contributed by atoms with Crippen molar-refractivity contribution in [2.75, 3.05) is 14.2 Å². The molecule has 5 nitrogen and oxygen atoms in total. The van der Waals surface area contributed by atoms with Crippen LogP contribution < -0.4 is 9.47 Å². The summed E-state index contributed by atoms with van der Waals surface area (Å²) in [7, 11) is 3.16. The van der Waals surface area contributed by atoms with E-state index in [1.807, 2.05) is 30.3 Å². The summed E-state index contributed by atoms with van der Waals surface area (Å²) in [6, 6.07) is 13.0. The minimum absolute atomic E-state index is 0.267. The van der Waals surface area contributed by atoms with Gasteiger partial charge in [-0.1, -0.05) is 39.8 Å². The maximum Gasteiger partial charge on any atom is 0.286 e. The van der Waals surface area contributed by atoms with Crippen molar-refractivity contribution in [3.63, 3.8) is 0 Å². The zero-order chi connectivity index (χ0) is 19.4. The Kier molecular flexibility index (Phi) is 6.30. The van der Waals surface area contributed by atoms with Crippen LogP contribution in [0.2, 0.25) is 0 Å². The highest BCUT2D eigenvalue weighted by Crippen LogP contribution is 2.35. The molecular formula is C19H15BrN2O3S2. The van der Waals surface area contributed by atoms with Crippen LogP contribution in [0.4, 0.5) is 0 Å². The molecule has 0 atom stereocenters. The number of methoxy groups -OCH3 is 2. The van der Waals surface area contributed by atoms with Crippen molar-refractivity contribution >= 4 is 62.4 Å². The summed E-state index contributed by atoms with van der Waals surface area (Å²) in [5.41, 5.74) is 1.63. The summed E-state index contributed by atoms with van der Waals surface area (Å²) in [4.78, 5) is 13.2. The van der Waals surface area contributed by atoms with Crippen molar-refractivity contribution in [1.82, 2.24) is 5.01 Å². The highest BCUT2D eigenvalue weighted by atomic mass is 79.9. The molecule has 138 valence electrons. The number of hydrogen-bond acceptors (Lipinski definition) is 6. The van der Waals surface area contributed by atoms with E-state index < -0.39 is 0 Å². The Hall–Kier alpha value is -2.16. The Labute approximate surface area is 175 Å². The van der Waals surface area contributed by atoms with E-state index in [-0.39, 0.29) is 5.91 Å². The quantitative estimate of drug-likeness (QED) is 0.366. The van der Waals surface area contributed by atoms with E-state index in [9.17, 15) is 4.79 Å². The maximum absolute atomic E-state index is 12.7. The number of amides is 1. The standard InChI is InChI=1S/C19H15BrN2O3S2/c1-24-15-8-5-13(16(10-15)25-2)9-17-18(23)22(19(26)27-17)21-11-12-3-6-14(20)7-4-12/h3-11H,1-2H3/b17-9+,21-11+. The molecule has 2 aromatic carbocycles. The number of benzene rings is 2. The van der Waals surface area contributed by atoms with Crippen LogP contribution in [0.5, 0.6) is 11.5 Å². The van der Waals surface area contributed by atoms with Crippen molar-refractivity contribution in [2.24, 2.45) is 5.10 Å². The highest BCUT2D eigenvalue weighted by Gasteiger charge is 2.32. The number of rotatable bonds is 5. The second-order valence-electron chi connectivity index (χ2n) is 5.40. The van der Waals surface area contributed by atoms with Crippen LogP contribution in [0.25, 0.3) is 6.08 Å². The van der Waals surface area contributed by atoms with Crippen LogP contribution in [0.3, 0.4) is 0 Å². The monoisotopic (exact) mass is 462 g/mol. The molecule has 1 aliphatic rings. The summed E-state index contributed by atoms with van der Waals surface area (Å²) >= 11 is 9.89. The van der Waals surface area contributed by atoms with Gasteiger partial charge >= 0.3 is 0 Å². The number of thioether (sulfide) groups is 1. The summed E-state index contributed by atoms with van der Waals surface area (Å²) in [5, 5.41) is 5.46. The van der Waals surface area contributed by atoms with Crippen LogP contribution >= 0.6 is 39.9 Å². The van der Waals surface area contributed by atoms with Crippen molar-refractivity contribution in [1.29, 1.82) is 0 Å². The van der Waals surface area contributed by atoms with E-state index in [1.165, 1.54) is 16.8 Å². The first-order valence-electron chi connectivity index (χ1n) is 7.81. The molecule has 0 radical (unpaired) electrons. The molecule has 0 spiro atoms. The van der Waals surface area contributed by atoms with E-state index in [4.69, 9.17) is 21.7 Å². The normalized spacial score (nSPS) is 15.8. The van der Waals surface area contributed by atoms with Gasteiger partial charge in [-0.15, -0.1) is 0 Å². The molecule has 0 aliphatic carbocycles. The first-order valence-corrected chi connectivity index (χ1v) is 9.83. The number of hydrogen-bond donors (Lipinski definition) is 0. The van der Waals surface area contributed by atoms with Gasteiger partial charge in [-0.25, -0.2) is 0 Å². The molecule has 1 aliphatic heterocycles. The molecule has 1 fully saturated rings. The van der Waals surface area contributed by atoms with Crippen LogP contribution in [0, 0.1) is 0 Å². The molecule has 3 rings (SSSR count). The van der Waals surface area contributed by atoms with Crippen molar-refractivity contribution in [3.8, 4) is 11.5 Å². The Balaban J connectivity index is 1.83. The molecule has 0 unspecified atom stereocenters. The number of ether oxygens (including phenoxy) is 2. The average Bonchev–Trinajstić information content (AvgIpc) is 2.94. The number of nitrogens with zero attached hydrogens (tertiary/aromatic N) is 2. The fourth-order valence-corrected chi connectivity index (χ4v) is 3.74. The molecule has 1 amide bonds. The van der Waals surface area contributed by atoms with E-state index in [0.717, 1.165) is 15.6 Å². The zero-order valence-electron chi connectivity index (χ0n) is 14.5. The van der Waals surface area contributed by atoms with Gasteiger partial charge in [-0.05, 0) is 48.1 Å².